The molecule has 0 atom stereocenters. The normalized spacial score (nSPS) is 12.5. The van der Waals surface area contributed by atoms with Crippen LogP contribution in [0.2, 0.25) is 0 Å². The van der Waals surface area contributed by atoms with Crippen LogP contribution in [0.1, 0.15) is 21.7 Å². The minimum atomic E-state index is -4.86. The van der Waals surface area contributed by atoms with Crippen LogP contribution in [0.3, 0.4) is 0 Å². The van der Waals surface area contributed by atoms with E-state index in [4.69, 9.17) is 5.11 Å². The van der Waals surface area contributed by atoms with E-state index in [0.717, 1.165) is 12.1 Å². The highest BCUT2D eigenvalue weighted by molar-refractivity contribution is 5.92. The Hall–Kier alpha value is -3.11. The maximum atomic E-state index is 13.3. The summed E-state index contributed by atoms with van der Waals surface area (Å²) in [5.41, 5.74) is -3.87. The van der Waals surface area contributed by atoms with Crippen LogP contribution in [0.25, 0.3) is 16.9 Å². The number of carbonyl (C=O) groups is 1. The maximum absolute atomic E-state index is 13.3. The van der Waals surface area contributed by atoms with E-state index in [2.05, 4.69) is 9.97 Å². The number of imidazole rings is 1. The lowest BCUT2D eigenvalue weighted by Gasteiger charge is -2.12. The fourth-order valence-electron chi connectivity index (χ4n) is 2.32. The highest BCUT2D eigenvalue weighted by atomic mass is 19.4. The average molecular weight is 375 g/mol. The Balaban J connectivity index is 2.23. The van der Waals surface area contributed by atoms with Crippen molar-refractivity contribution in [3.05, 3.63) is 53.6 Å². The standard InChI is InChI=1S/C15H7F6N3O2/c16-14(17,18)8-3-1-7(2-4-8)9-5-10(15(19,20)21)24-6-22-11(13(25)26)12(24)23-9/h1-6H,(H,25,26). The Labute approximate surface area is 140 Å². The number of benzene rings is 1. The smallest absolute Gasteiger partial charge is 0.431 e. The fraction of sp³-hybridized carbons (Fsp3) is 0.133. The van der Waals surface area contributed by atoms with Crippen LogP contribution in [0.4, 0.5) is 26.3 Å². The third-order valence-electron chi connectivity index (χ3n) is 3.50. The van der Waals surface area contributed by atoms with Crippen molar-refractivity contribution in [1.29, 1.82) is 0 Å². The van der Waals surface area contributed by atoms with Gasteiger partial charge >= 0.3 is 18.3 Å². The van der Waals surface area contributed by atoms with Crippen LogP contribution in [0.15, 0.2) is 36.7 Å². The van der Waals surface area contributed by atoms with Crippen LogP contribution in [0, 0.1) is 0 Å². The van der Waals surface area contributed by atoms with Crippen molar-refractivity contribution in [2.24, 2.45) is 0 Å². The summed E-state index contributed by atoms with van der Waals surface area (Å²) in [7, 11) is 0. The molecule has 0 radical (unpaired) electrons. The number of hydrogen-bond acceptors (Lipinski definition) is 3. The van der Waals surface area contributed by atoms with E-state index in [1.54, 1.807) is 0 Å². The van der Waals surface area contributed by atoms with Gasteiger partial charge in [-0.15, -0.1) is 0 Å². The summed E-state index contributed by atoms with van der Waals surface area (Å²) in [6, 6.07) is 3.92. The summed E-state index contributed by atoms with van der Waals surface area (Å²) in [4.78, 5) is 18.4. The zero-order valence-electron chi connectivity index (χ0n) is 12.4. The third kappa shape index (κ3) is 3.07. The van der Waals surface area contributed by atoms with E-state index < -0.39 is 40.9 Å². The first-order chi connectivity index (χ1) is 12.0. The SMILES string of the molecule is O=C(O)c1ncn2c(C(F)(F)F)cc(-c3ccc(C(F)(F)F)cc3)nc12. The van der Waals surface area contributed by atoms with E-state index in [-0.39, 0.29) is 11.3 Å². The van der Waals surface area contributed by atoms with Gasteiger partial charge in [-0.05, 0) is 18.2 Å². The number of alkyl halides is 6. The van der Waals surface area contributed by atoms with Crippen LogP contribution in [-0.4, -0.2) is 25.4 Å². The number of aromatic nitrogens is 3. The van der Waals surface area contributed by atoms with Crippen molar-refractivity contribution in [2.45, 2.75) is 12.4 Å². The van der Waals surface area contributed by atoms with Crippen molar-refractivity contribution in [1.82, 2.24) is 14.4 Å². The number of carboxylic acids is 1. The Morgan fingerprint density at radius 1 is 1.00 bits per heavy atom. The van der Waals surface area contributed by atoms with Gasteiger partial charge in [0, 0.05) is 5.56 Å². The molecule has 0 saturated heterocycles. The largest absolute Gasteiger partial charge is 0.476 e. The van der Waals surface area contributed by atoms with Crippen LogP contribution < -0.4 is 0 Å². The molecule has 0 saturated carbocycles. The van der Waals surface area contributed by atoms with Crippen LogP contribution in [0.5, 0.6) is 0 Å². The molecule has 0 amide bonds. The molecule has 0 aliphatic heterocycles. The minimum absolute atomic E-state index is 0.0384. The fourth-order valence-corrected chi connectivity index (χ4v) is 2.32. The van der Waals surface area contributed by atoms with Gasteiger partial charge in [0.25, 0.3) is 0 Å². The molecular formula is C15H7F6N3O2. The summed E-state index contributed by atoms with van der Waals surface area (Å²) in [5.74, 6) is -1.59. The highest BCUT2D eigenvalue weighted by Gasteiger charge is 2.36. The Morgan fingerprint density at radius 2 is 1.62 bits per heavy atom. The lowest BCUT2D eigenvalue weighted by atomic mass is 10.1. The van der Waals surface area contributed by atoms with Crippen molar-refractivity contribution >= 4 is 11.6 Å². The first-order valence-electron chi connectivity index (χ1n) is 6.84. The molecule has 1 N–H and O–H groups in total. The molecule has 0 bridgehead atoms. The lowest BCUT2D eigenvalue weighted by molar-refractivity contribution is -0.142. The van der Waals surface area contributed by atoms with Gasteiger partial charge in [0.05, 0.1) is 11.3 Å². The molecule has 2 aromatic heterocycles. The van der Waals surface area contributed by atoms with E-state index in [1.165, 1.54) is 0 Å². The van der Waals surface area contributed by atoms with Gasteiger partial charge in [-0.25, -0.2) is 14.8 Å². The maximum Gasteiger partial charge on any atom is 0.431 e. The molecule has 0 unspecified atom stereocenters. The molecule has 3 aromatic rings. The van der Waals surface area contributed by atoms with E-state index in [1.807, 2.05) is 0 Å². The van der Waals surface area contributed by atoms with Crippen LogP contribution in [-0.2, 0) is 12.4 Å². The van der Waals surface area contributed by atoms with Gasteiger partial charge < -0.3 is 5.11 Å². The zero-order valence-corrected chi connectivity index (χ0v) is 12.4. The summed E-state index contributed by atoms with van der Waals surface area (Å²) >= 11 is 0. The molecule has 0 fully saturated rings. The van der Waals surface area contributed by atoms with Crippen molar-refractivity contribution in [2.75, 3.05) is 0 Å². The molecule has 5 nitrogen and oxygen atoms in total. The first-order valence-corrected chi connectivity index (χ1v) is 6.84. The minimum Gasteiger partial charge on any atom is -0.476 e. The van der Waals surface area contributed by atoms with Gasteiger partial charge in [0.2, 0.25) is 0 Å². The summed E-state index contributed by atoms with van der Waals surface area (Å²) in [6.07, 6.45) is -8.79. The van der Waals surface area contributed by atoms with E-state index in [0.29, 0.717) is 28.9 Å². The Morgan fingerprint density at radius 3 is 2.12 bits per heavy atom. The van der Waals surface area contributed by atoms with E-state index in [9.17, 15) is 31.1 Å². The van der Waals surface area contributed by atoms with Crippen molar-refractivity contribution in [3.8, 4) is 11.3 Å². The molecule has 3 rings (SSSR count). The predicted octanol–water partition coefficient (Wildman–Crippen LogP) is 4.13. The summed E-state index contributed by atoms with van der Waals surface area (Å²) < 4.78 is 78.1. The predicted molar refractivity (Wildman–Crippen MR) is 75.4 cm³/mol. The molecule has 0 aliphatic carbocycles. The number of halogens is 6. The topological polar surface area (TPSA) is 67.5 Å². The number of carboxylic acid groups (broad SMARTS) is 1. The molecule has 1 aromatic carbocycles. The lowest BCUT2D eigenvalue weighted by Crippen LogP contribution is -2.13. The van der Waals surface area contributed by atoms with Gasteiger partial charge in [0.15, 0.2) is 11.3 Å². The third-order valence-corrected chi connectivity index (χ3v) is 3.50. The highest BCUT2D eigenvalue weighted by Crippen LogP contribution is 2.34. The molecule has 0 spiro atoms. The van der Waals surface area contributed by atoms with Crippen LogP contribution >= 0.6 is 0 Å². The van der Waals surface area contributed by atoms with Crippen molar-refractivity contribution < 1.29 is 36.2 Å². The Bertz CT molecular complexity index is 990. The average Bonchev–Trinajstić information content (AvgIpc) is 2.96. The number of fused-ring (bicyclic) bond motifs is 1. The molecular weight excluding hydrogens is 368 g/mol. The number of aromatic carboxylic acids is 1. The first kappa shape index (κ1) is 17.7. The van der Waals surface area contributed by atoms with Gasteiger partial charge in [0.1, 0.15) is 12.0 Å². The molecule has 26 heavy (non-hydrogen) atoms. The molecule has 0 aliphatic rings. The van der Waals surface area contributed by atoms with Crippen molar-refractivity contribution in [3.63, 3.8) is 0 Å². The molecule has 2 heterocycles. The number of rotatable bonds is 2. The van der Waals surface area contributed by atoms with Gasteiger partial charge in [-0.3, -0.25) is 4.40 Å². The number of hydrogen-bond donors (Lipinski definition) is 1. The summed E-state index contributed by atoms with van der Waals surface area (Å²) in [6.45, 7) is 0. The second kappa shape index (κ2) is 5.71. The quantitative estimate of drug-likeness (QED) is 0.684. The Kier molecular flexibility index (Phi) is 3.89. The monoisotopic (exact) mass is 375 g/mol. The number of nitrogens with zero attached hydrogens (tertiary/aromatic N) is 3. The summed E-state index contributed by atoms with van der Waals surface area (Å²) in [5, 5.41) is 9.03. The van der Waals surface area contributed by atoms with Gasteiger partial charge in [-0.1, -0.05) is 12.1 Å². The second-order valence-electron chi connectivity index (χ2n) is 5.19. The zero-order chi connectivity index (χ0) is 19.3. The second-order valence-corrected chi connectivity index (χ2v) is 5.19. The molecule has 136 valence electrons. The van der Waals surface area contributed by atoms with Gasteiger partial charge in [-0.2, -0.15) is 26.3 Å². The van der Waals surface area contributed by atoms with E-state index >= 15 is 0 Å². The molecule has 11 heteroatoms.